The molecular weight excluding hydrogens is 315 g/mol. The Morgan fingerprint density at radius 3 is 2.35 bits per heavy atom. The van der Waals surface area contributed by atoms with Gasteiger partial charge in [0.1, 0.15) is 0 Å². The first kappa shape index (κ1) is 15.6. The molecule has 2 aromatic rings. The van der Waals surface area contributed by atoms with Gasteiger partial charge in [-0.2, -0.15) is 0 Å². The molecule has 0 spiro atoms. The van der Waals surface area contributed by atoms with Gasteiger partial charge in [0.05, 0.1) is 20.8 Å². The molecule has 1 aromatic carbocycles. The van der Waals surface area contributed by atoms with Crippen LogP contribution in [0.1, 0.15) is 37.2 Å². The molecule has 1 heterocycles. The summed E-state index contributed by atoms with van der Waals surface area (Å²) in [5, 5.41) is 4.80. The SMILES string of the molecule is CC(N[C@@H](C)c1ccccn1)c1ccc(Cl)c(Cl)c1Cl. The Balaban J connectivity index is 2.17. The largest absolute Gasteiger partial charge is 0.302 e. The Bertz CT molecular complexity index is 587. The summed E-state index contributed by atoms with van der Waals surface area (Å²) in [6.07, 6.45) is 1.78. The second-order valence-corrected chi connectivity index (χ2v) is 5.79. The predicted molar refractivity (Wildman–Crippen MR) is 85.7 cm³/mol. The Morgan fingerprint density at radius 1 is 0.950 bits per heavy atom. The first-order chi connectivity index (χ1) is 9.50. The van der Waals surface area contributed by atoms with Crippen molar-refractivity contribution >= 4 is 34.8 Å². The Kier molecular flexibility index (Phi) is 5.28. The molecule has 0 aliphatic carbocycles. The van der Waals surface area contributed by atoms with E-state index in [2.05, 4.69) is 17.2 Å². The minimum absolute atomic E-state index is 0.0364. The third kappa shape index (κ3) is 3.44. The third-order valence-electron chi connectivity index (χ3n) is 3.16. The summed E-state index contributed by atoms with van der Waals surface area (Å²) in [5.74, 6) is 0. The lowest BCUT2D eigenvalue weighted by Crippen LogP contribution is -2.23. The van der Waals surface area contributed by atoms with E-state index in [1.54, 1.807) is 12.3 Å². The smallest absolute Gasteiger partial charge is 0.0781 e. The molecule has 1 aromatic heterocycles. The van der Waals surface area contributed by atoms with E-state index < -0.39 is 0 Å². The lowest BCUT2D eigenvalue weighted by molar-refractivity contribution is 0.486. The average Bonchev–Trinajstić information content (AvgIpc) is 2.45. The first-order valence-corrected chi connectivity index (χ1v) is 7.44. The zero-order valence-electron chi connectivity index (χ0n) is 11.2. The number of rotatable bonds is 4. The molecule has 0 bridgehead atoms. The van der Waals surface area contributed by atoms with Crippen molar-refractivity contribution in [3.05, 3.63) is 62.9 Å². The molecule has 0 fully saturated rings. The molecule has 2 atom stereocenters. The van der Waals surface area contributed by atoms with Crippen LogP contribution in [0.2, 0.25) is 15.1 Å². The van der Waals surface area contributed by atoms with Crippen LogP contribution < -0.4 is 5.32 Å². The Morgan fingerprint density at radius 2 is 1.70 bits per heavy atom. The molecule has 0 amide bonds. The fourth-order valence-electron chi connectivity index (χ4n) is 2.06. The molecule has 0 radical (unpaired) electrons. The van der Waals surface area contributed by atoms with Crippen molar-refractivity contribution in [3.63, 3.8) is 0 Å². The second kappa shape index (κ2) is 6.77. The normalized spacial score (nSPS) is 14.1. The highest BCUT2D eigenvalue weighted by atomic mass is 35.5. The van der Waals surface area contributed by atoms with Gasteiger partial charge in [-0.3, -0.25) is 4.98 Å². The van der Waals surface area contributed by atoms with E-state index >= 15 is 0 Å². The number of hydrogen-bond donors (Lipinski definition) is 1. The van der Waals surface area contributed by atoms with Crippen LogP contribution in [-0.2, 0) is 0 Å². The molecule has 5 heteroatoms. The number of nitrogens with zero attached hydrogens (tertiary/aromatic N) is 1. The monoisotopic (exact) mass is 328 g/mol. The molecule has 0 aliphatic heterocycles. The van der Waals surface area contributed by atoms with E-state index in [0.29, 0.717) is 15.1 Å². The van der Waals surface area contributed by atoms with Gasteiger partial charge in [-0.1, -0.05) is 46.9 Å². The molecule has 2 rings (SSSR count). The molecule has 0 saturated heterocycles. The number of pyridine rings is 1. The van der Waals surface area contributed by atoms with Crippen molar-refractivity contribution < 1.29 is 0 Å². The molecule has 0 saturated carbocycles. The van der Waals surface area contributed by atoms with Gasteiger partial charge >= 0.3 is 0 Å². The number of aromatic nitrogens is 1. The van der Waals surface area contributed by atoms with Crippen molar-refractivity contribution in [3.8, 4) is 0 Å². The first-order valence-electron chi connectivity index (χ1n) is 6.31. The maximum absolute atomic E-state index is 6.25. The minimum atomic E-state index is 0.0364. The molecule has 1 unspecified atom stereocenters. The van der Waals surface area contributed by atoms with Crippen molar-refractivity contribution in [2.24, 2.45) is 0 Å². The van der Waals surface area contributed by atoms with Gasteiger partial charge in [-0.05, 0) is 37.6 Å². The predicted octanol–water partition coefficient (Wildman–Crippen LogP) is 5.45. The van der Waals surface area contributed by atoms with Crippen LogP contribution in [0.4, 0.5) is 0 Å². The van der Waals surface area contributed by atoms with E-state index in [1.165, 1.54) is 0 Å². The summed E-state index contributed by atoms with van der Waals surface area (Å²) in [7, 11) is 0. The van der Waals surface area contributed by atoms with Crippen LogP contribution >= 0.6 is 34.8 Å². The van der Waals surface area contributed by atoms with Gasteiger partial charge in [0, 0.05) is 18.3 Å². The lowest BCUT2D eigenvalue weighted by Gasteiger charge is -2.21. The highest BCUT2D eigenvalue weighted by molar-refractivity contribution is 6.48. The number of halogens is 3. The van der Waals surface area contributed by atoms with Crippen molar-refractivity contribution in [1.82, 2.24) is 10.3 Å². The van der Waals surface area contributed by atoms with Gasteiger partial charge in [-0.25, -0.2) is 0 Å². The van der Waals surface area contributed by atoms with Crippen LogP contribution in [0.15, 0.2) is 36.5 Å². The van der Waals surface area contributed by atoms with Gasteiger partial charge in [0.2, 0.25) is 0 Å². The number of nitrogens with one attached hydrogen (secondary N) is 1. The Labute approximate surface area is 134 Å². The highest BCUT2D eigenvalue weighted by Gasteiger charge is 2.17. The number of benzene rings is 1. The summed E-state index contributed by atoms with van der Waals surface area (Å²) >= 11 is 18.3. The molecule has 0 aliphatic rings. The molecule has 2 nitrogen and oxygen atoms in total. The van der Waals surface area contributed by atoms with Crippen LogP contribution in [-0.4, -0.2) is 4.98 Å². The van der Waals surface area contributed by atoms with Gasteiger partial charge in [-0.15, -0.1) is 0 Å². The maximum Gasteiger partial charge on any atom is 0.0781 e. The fourth-order valence-corrected chi connectivity index (χ4v) is 2.76. The zero-order valence-corrected chi connectivity index (χ0v) is 13.5. The van der Waals surface area contributed by atoms with Crippen molar-refractivity contribution in [1.29, 1.82) is 0 Å². The minimum Gasteiger partial charge on any atom is -0.302 e. The van der Waals surface area contributed by atoms with Crippen LogP contribution in [0, 0.1) is 0 Å². The summed E-state index contributed by atoms with van der Waals surface area (Å²) in [6, 6.07) is 9.65. The van der Waals surface area contributed by atoms with Gasteiger partial charge in [0.15, 0.2) is 0 Å². The fraction of sp³-hybridized carbons (Fsp3) is 0.267. The zero-order chi connectivity index (χ0) is 14.7. The average molecular weight is 330 g/mol. The molecular formula is C15H15Cl3N2. The van der Waals surface area contributed by atoms with Gasteiger partial charge in [0.25, 0.3) is 0 Å². The molecule has 106 valence electrons. The topological polar surface area (TPSA) is 24.9 Å². The van der Waals surface area contributed by atoms with Crippen LogP contribution in [0.5, 0.6) is 0 Å². The quantitative estimate of drug-likeness (QED) is 0.754. The van der Waals surface area contributed by atoms with Crippen molar-refractivity contribution in [2.45, 2.75) is 25.9 Å². The lowest BCUT2D eigenvalue weighted by atomic mass is 10.1. The summed E-state index contributed by atoms with van der Waals surface area (Å²) in [6.45, 7) is 4.09. The summed E-state index contributed by atoms with van der Waals surface area (Å²) < 4.78 is 0. The highest BCUT2D eigenvalue weighted by Crippen LogP contribution is 2.35. The summed E-state index contributed by atoms with van der Waals surface area (Å²) in [5.41, 5.74) is 1.90. The van der Waals surface area contributed by atoms with Crippen LogP contribution in [0.3, 0.4) is 0 Å². The van der Waals surface area contributed by atoms with E-state index in [-0.39, 0.29) is 12.1 Å². The van der Waals surface area contributed by atoms with Crippen LogP contribution in [0.25, 0.3) is 0 Å². The van der Waals surface area contributed by atoms with Gasteiger partial charge < -0.3 is 5.32 Å². The van der Waals surface area contributed by atoms with E-state index in [4.69, 9.17) is 34.8 Å². The third-order valence-corrected chi connectivity index (χ3v) is 4.47. The van der Waals surface area contributed by atoms with Crippen molar-refractivity contribution in [2.75, 3.05) is 0 Å². The molecule has 20 heavy (non-hydrogen) atoms. The maximum atomic E-state index is 6.25. The van der Waals surface area contributed by atoms with E-state index in [0.717, 1.165) is 11.3 Å². The second-order valence-electron chi connectivity index (χ2n) is 4.63. The summed E-state index contributed by atoms with van der Waals surface area (Å²) in [4.78, 5) is 4.34. The Hall–Kier alpha value is -0.800. The standard InChI is InChI=1S/C15H15Cl3N2/c1-9(11-6-7-12(16)15(18)14(11)17)20-10(2)13-5-3-4-8-19-13/h3-10,20H,1-2H3/t9?,10-/m0/s1. The van der Waals surface area contributed by atoms with E-state index in [9.17, 15) is 0 Å². The number of hydrogen-bond acceptors (Lipinski definition) is 2. The van der Waals surface area contributed by atoms with E-state index in [1.807, 2.05) is 31.2 Å². The molecule has 1 N–H and O–H groups in total.